The van der Waals surface area contributed by atoms with Gasteiger partial charge in [0, 0.05) is 36.3 Å². The van der Waals surface area contributed by atoms with Crippen molar-refractivity contribution in [2.45, 2.75) is 56.7 Å². The number of rotatable bonds is 5. The molecule has 0 aromatic carbocycles. The molecule has 2 aliphatic heterocycles. The monoisotopic (exact) mass is 445 g/mol. The van der Waals surface area contributed by atoms with E-state index in [9.17, 15) is 23.4 Å². The summed E-state index contributed by atoms with van der Waals surface area (Å²) >= 11 is 0.838. The Labute approximate surface area is 176 Å². The number of piperidine rings is 1. The second-order valence-electron chi connectivity index (χ2n) is 8.53. The molecule has 2 aliphatic rings. The highest BCUT2D eigenvalue weighted by Gasteiger charge is 2.45. The minimum atomic E-state index is -4.31. The third-order valence-electron chi connectivity index (χ3n) is 5.85. The summed E-state index contributed by atoms with van der Waals surface area (Å²) in [5, 5.41) is 23.4. The molecule has 0 saturated carbocycles. The lowest BCUT2D eigenvalue weighted by atomic mass is 9.85. The first-order valence-electron chi connectivity index (χ1n) is 10.0. The van der Waals surface area contributed by atoms with Crippen molar-refractivity contribution >= 4 is 11.3 Å². The van der Waals surface area contributed by atoms with E-state index in [1.54, 1.807) is 17.8 Å². The molecule has 1 spiro atoms. The van der Waals surface area contributed by atoms with Gasteiger partial charge in [0.25, 0.3) is 0 Å². The number of alkyl halides is 3. The number of aliphatic hydroxyl groups is 2. The highest BCUT2D eigenvalue weighted by Crippen LogP contribution is 2.48. The van der Waals surface area contributed by atoms with Crippen LogP contribution in [0.15, 0.2) is 18.5 Å². The van der Waals surface area contributed by atoms with Gasteiger partial charge in [-0.1, -0.05) is 0 Å². The first-order chi connectivity index (χ1) is 14.1. The normalized spacial score (nSPS) is 21.5. The van der Waals surface area contributed by atoms with Gasteiger partial charge < -0.3 is 14.9 Å². The Hall–Kier alpha value is -1.46. The number of ether oxygens (including phenoxy) is 1. The van der Waals surface area contributed by atoms with Crippen molar-refractivity contribution < 1.29 is 28.1 Å². The van der Waals surface area contributed by atoms with Gasteiger partial charge in [-0.15, -0.1) is 11.3 Å². The molecule has 6 nitrogen and oxygen atoms in total. The minimum absolute atomic E-state index is 0.198. The first-order valence-corrected chi connectivity index (χ1v) is 10.8. The van der Waals surface area contributed by atoms with Crippen molar-refractivity contribution in [2.24, 2.45) is 0 Å². The van der Waals surface area contributed by atoms with Gasteiger partial charge in [-0.05, 0) is 37.8 Å². The van der Waals surface area contributed by atoms with E-state index in [0.717, 1.165) is 40.4 Å². The molecule has 166 valence electrons. The highest BCUT2D eigenvalue weighted by molar-refractivity contribution is 7.12. The maximum absolute atomic E-state index is 13.2. The molecule has 0 amide bonds. The van der Waals surface area contributed by atoms with Crippen LogP contribution in [0.5, 0.6) is 0 Å². The number of aliphatic hydroxyl groups excluding tert-OH is 1. The van der Waals surface area contributed by atoms with Crippen molar-refractivity contribution in [1.29, 1.82) is 0 Å². The van der Waals surface area contributed by atoms with E-state index in [2.05, 4.69) is 10.00 Å². The summed E-state index contributed by atoms with van der Waals surface area (Å²) in [5.41, 5.74) is -0.0700. The number of fused-ring (bicyclic) bond motifs is 2. The Bertz CT molecular complexity index is 885. The topological polar surface area (TPSA) is 70.8 Å². The number of nitrogens with zero attached hydrogens (tertiary/aromatic N) is 3. The number of aromatic nitrogens is 2. The fourth-order valence-electron chi connectivity index (χ4n) is 4.24. The van der Waals surface area contributed by atoms with E-state index >= 15 is 0 Å². The third-order valence-corrected chi connectivity index (χ3v) is 7.26. The second kappa shape index (κ2) is 7.90. The SMILES string of the molecule is CC(O)(CO)Cn1cc(CN2CCC3(CC2)OCCc2cc(C(F)(F)F)sc23)cn1. The van der Waals surface area contributed by atoms with Crippen LogP contribution in [0, 0.1) is 0 Å². The largest absolute Gasteiger partial charge is 0.425 e. The second-order valence-corrected chi connectivity index (χ2v) is 9.59. The molecule has 0 bridgehead atoms. The van der Waals surface area contributed by atoms with Crippen LogP contribution in [0.4, 0.5) is 13.2 Å². The van der Waals surface area contributed by atoms with E-state index < -0.39 is 22.3 Å². The Morgan fingerprint density at radius 2 is 2.03 bits per heavy atom. The van der Waals surface area contributed by atoms with Crippen LogP contribution in [-0.4, -0.2) is 56.8 Å². The zero-order valence-corrected chi connectivity index (χ0v) is 17.6. The molecule has 4 heterocycles. The van der Waals surface area contributed by atoms with E-state index in [-0.39, 0.29) is 13.2 Å². The molecular weight excluding hydrogens is 419 g/mol. The van der Waals surface area contributed by atoms with Crippen LogP contribution >= 0.6 is 11.3 Å². The summed E-state index contributed by atoms with van der Waals surface area (Å²) < 4.78 is 47.2. The average molecular weight is 446 g/mol. The lowest BCUT2D eigenvalue weighted by molar-refractivity contribution is -0.134. The number of hydrogen-bond acceptors (Lipinski definition) is 6. The smallest absolute Gasteiger partial charge is 0.393 e. The van der Waals surface area contributed by atoms with E-state index in [4.69, 9.17) is 4.74 Å². The molecule has 1 atom stereocenters. The molecule has 2 aromatic heterocycles. The molecule has 2 N–H and O–H groups in total. The fraction of sp³-hybridized carbons (Fsp3) is 0.650. The van der Waals surface area contributed by atoms with Crippen molar-refractivity contribution in [1.82, 2.24) is 14.7 Å². The summed E-state index contributed by atoms with van der Waals surface area (Å²) in [4.78, 5) is 2.46. The highest BCUT2D eigenvalue weighted by atomic mass is 32.1. The van der Waals surface area contributed by atoms with Gasteiger partial charge >= 0.3 is 6.18 Å². The van der Waals surface area contributed by atoms with Crippen molar-refractivity contribution in [2.75, 3.05) is 26.3 Å². The summed E-state index contributed by atoms with van der Waals surface area (Å²) in [6, 6.07) is 1.30. The van der Waals surface area contributed by atoms with Crippen LogP contribution in [0.2, 0.25) is 0 Å². The molecule has 30 heavy (non-hydrogen) atoms. The quantitative estimate of drug-likeness (QED) is 0.741. The van der Waals surface area contributed by atoms with Crippen molar-refractivity contribution in [3.63, 3.8) is 0 Å². The Balaban J connectivity index is 1.41. The first kappa shape index (κ1) is 21.8. The summed E-state index contributed by atoms with van der Waals surface area (Å²) in [7, 11) is 0. The molecule has 2 aromatic rings. The van der Waals surface area contributed by atoms with E-state index in [1.165, 1.54) is 6.07 Å². The fourth-order valence-corrected chi connectivity index (χ4v) is 5.52. The van der Waals surface area contributed by atoms with Gasteiger partial charge in [0.1, 0.15) is 16.1 Å². The summed E-state index contributed by atoms with van der Waals surface area (Å²) in [6.45, 7) is 3.96. The minimum Gasteiger partial charge on any atom is -0.393 e. The van der Waals surface area contributed by atoms with E-state index in [0.29, 0.717) is 32.4 Å². The molecule has 0 radical (unpaired) electrons. The lowest BCUT2D eigenvalue weighted by Crippen LogP contribution is -2.45. The van der Waals surface area contributed by atoms with Gasteiger partial charge in [-0.25, -0.2) is 0 Å². The maximum atomic E-state index is 13.2. The summed E-state index contributed by atoms with van der Waals surface area (Å²) in [5.74, 6) is 0. The Kier molecular flexibility index (Phi) is 5.73. The Morgan fingerprint density at radius 1 is 1.30 bits per heavy atom. The van der Waals surface area contributed by atoms with Crippen LogP contribution < -0.4 is 0 Å². The molecule has 1 unspecified atom stereocenters. The van der Waals surface area contributed by atoms with Crippen LogP contribution in [0.25, 0.3) is 0 Å². The third kappa shape index (κ3) is 4.43. The van der Waals surface area contributed by atoms with Crippen LogP contribution in [0.3, 0.4) is 0 Å². The molecule has 1 saturated heterocycles. The van der Waals surface area contributed by atoms with E-state index in [1.807, 2.05) is 6.20 Å². The molecule has 0 aliphatic carbocycles. The number of likely N-dealkylation sites (tertiary alicyclic amines) is 1. The van der Waals surface area contributed by atoms with Gasteiger partial charge in [0.15, 0.2) is 0 Å². The summed E-state index contributed by atoms with van der Waals surface area (Å²) in [6.07, 6.45) is 1.12. The number of halogens is 3. The van der Waals surface area contributed by atoms with Gasteiger partial charge in [0.05, 0.1) is 26.0 Å². The number of hydrogen-bond donors (Lipinski definition) is 2. The number of thiophene rings is 1. The average Bonchev–Trinajstić information content (AvgIpc) is 3.31. The van der Waals surface area contributed by atoms with Gasteiger partial charge in [-0.2, -0.15) is 18.3 Å². The van der Waals surface area contributed by atoms with Crippen LogP contribution in [0.1, 0.15) is 40.6 Å². The zero-order valence-electron chi connectivity index (χ0n) is 16.8. The zero-order chi connectivity index (χ0) is 21.6. The lowest BCUT2D eigenvalue weighted by Gasteiger charge is -2.43. The van der Waals surface area contributed by atoms with Crippen LogP contribution in [-0.2, 0) is 36.0 Å². The van der Waals surface area contributed by atoms with Gasteiger partial charge in [-0.3, -0.25) is 9.58 Å². The predicted octanol–water partition coefficient (Wildman–Crippen LogP) is 2.77. The molecule has 10 heteroatoms. The molecular formula is C20H26F3N3O3S. The molecule has 1 fully saturated rings. The molecule has 4 rings (SSSR count). The van der Waals surface area contributed by atoms with Gasteiger partial charge in [0.2, 0.25) is 0 Å². The van der Waals surface area contributed by atoms with Crippen molar-refractivity contribution in [3.8, 4) is 0 Å². The standard InChI is InChI=1S/C20H26F3N3O3S/c1-18(28,13-27)12-26-11-14(9-24-26)10-25-5-3-19(4-6-25)17-15(2-7-29-19)8-16(30-17)20(21,22)23/h8-9,11,27-28H,2-7,10,12-13H2,1H3. The maximum Gasteiger partial charge on any atom is 0.425 e. The Morgan fingerprint density at radius 3 is 2.70 bits per heavy atom. The van der Waals surface area contributed by atoms with Crippen molar-refractivity contribution in [3.05, 3.63) is 39.3 Å². The predicted molar refractivity (Wildman–Crippen MR) is 105 cm³/mol.